The topological polar surface area (TPSA) is 83.3 Å². The van der Waals surface area contributed by atoms with Gasteiger partial charge in [0.15, 0.2) is 5.58 Å². The number of aromatic carboxylic acids is 1. The fraction of sp³-hybridized carbons (Fsp3) is 0. The molecule has 0 aliphatic heterocycles. The van der Waals surface area contributed by atoms with E-state index in [0.717, 1.165) is 0 Å². The summed E-state index contributed by atoms with van der Waals surface area (Å²) < 4.78 is 4.82. The zero-order chi connectivity index (χ0) is 9.42. The molecule has 0 spiro atoms. The molecule has 0 bridgehead atoms. The lowest BCUT2D eigenvalue weighted by atomic mass is 10.3. The van der Waals surface area contributed by atoms with Crippen molar-refractivity contribution < 1.29 is 14.3 Å². The molecule has 66 valence electrons. The maximum absolute atomic E-state index is 11.1. The number of pyridine rings is 1. The molecule has 0 amide bonds. The van der Waals surface area contributed by atoms with Crippen molar-refractivity contribution in [2.45, 2.75) is 0 Å². The number of H-pyrrole nitrogens is 1. The third-order valence-electron chi connectivity index (χ3n) is 1.66. The monoisotopic (exact) mass is 179 g/mol. The third-order valence-corrected chi connectivity index (χ3v) is 1.66. The molecule has 0 saturated heterocycles. The van der Waals surface area contributed by atoms with Gasteiger partial charge in [-0.05, 0) is 12.1 Å². The largest absolute Gasteiger partial charge is 0.475 e. The summed E-state index contributed by atoms with van der Waals surface area (Å²) in [6.45, 7) is 0. The molecule has 0 aliphatic rings. The van der Waals surface area contributed by atoms with Gasteiger partial charge in [-0.2, -0.15) is 0 Å². The molecule has 5 nitrogen and oxygen atoms in total. The van der Waals surface area contributed by atoms with E-state index < -0.39 is 11.5 Å². The summed E-state index contributed by atoms with van der Waals surface area (Å²) in [6.07, 6.45) is 1.44. The average Bonchev–Trinajstić information content (AvgIpc) is 2.49. The van der Waals surface area contributed by atoms with Crippen LogP contribution in [0.1, 0.15) is 10.6 Å². The van der Waals surface area contributed by atoms with Gasteiger partial charge in [0.1, 0.15) is 0 Å². The fourth-order valence-electron chi connectivity index (χ4n) is 1.08. The Morgan fingerprint density at radius 3 is 2.92 bits per heavy atom. The highest BCUT2D eigenvalue weighted by atomic mass is 16.4. The van der Waals surface area contributed by atoms with Crippen LogP contribution in [0.3, 0.4) is 0 Å². The van der Waals surface area contributed by atoms with Crippen LogP contribution in [-0.2, 0) is 0 Å². The maximum atomic E-state index is 11.1. The van der Waals surface area contributed by atoms with E-state index in [9.17, 15) is 9.59 Å². The number of carbonyl (C=O) groups is 1. The highest BCUT2D eigenvalue weighted by Crippen LogP contribution is 2.14. The Labute approximate surface area is 71.6 Å². The van der Waals surface area contributed by atoms with Crippen molar-refractivity contribution >= 4 is 16.9 Å². The van der Waals surface area contributed by atoms with Crippen LogP contribution in [0.2, 0.25) is 0 Å². The first kappa shape index (κ1) is 7.60. The van der Waals surface area contributed by atoms with E-state index in [0.29, 0.717) is 5.39 Å². The summed E-state index contributed by atoms with van der Waals surface area (Å²) in [5.74, 6) is -1.41. The van der Waals surface area contributed by atoms with Crippen molar-refractivity contribution in [2.75, 3.05) is 0 Å². The molecule has 2 aromatic heterocycles. The SMILES string of the molecule is O=C(O)c1cc2cc[nH]c(=O)c2o1. The van der Waals surface area contributed by atoms with E-state index in [2.05, 4.69) is 4.98 Å². The summed E-state index contributed by atoms with van der Waals surface area (Å²) in [5.41, 5.74) is -0.384. The molecule has 0 unspecified atom stereocenters. The predicted molar refractivity (Wildman–Crippen MR) is 43.8 cm³/mol. The lowest BCUT2D eigenvalue weighted by Gasteiger charge is -1.83. The quantitative estimate of drug-likeness (QED) is 0.678. The standard InChI is InChI=1S/C8H5NO4/c10-7-6-4(1-2-9-7)3-5(13-6)8(11)12/h1-3H,(H,9,10)(H,11,12). The second-order valence-corrected chi connectivity index (χ2v) is 2.51. The summed E-state index contributed by atoms with van der Waals surface area (Å²) in [6, 6.07) is 2.89. The van der Waals surface area contributed by atoms with E-state index in [1.165, 1.54) is 12.3 Å². The van der Waals surface area contributed by atoms with Gasteiger partial charge in [-0.3, -0.25) is 4.79 Å². The predicted octanol–water partition coefficient (Wildman–Crippen LogP) is 0.819. The molecule has 13 heavy (non-hydrogen) atoms. The number of carboxylic acids is 1. The number of hydrogen-bond acceptors (Lipinski definition) is 3. The lowest BCUT2D eigenvalue weighted by molar-refractivity contribution is 0.0665. The molecule has 5 heteroatoms. The Morgan fingerprint density at radius 1 is 1.54 bits per heavy atom. The molecule has 0 atom stereocenters. The second kappa shape index (κ2) is 2.48. The molecule has 2 aromatic rings. The highest BCUT2D eigenvalue weighted by Gasteiger charge is 2.11. The van der Waals surface area contributed by atoms with Crippen molar-refractivity contribution in [3.63, 3.8) is 0 Å². The number of aromatic nitrogens is 1. The Balaban J connectivity index is 2.83. The number of carboxylic acid groups (broad SMARTS) is 1. The Hall–Kier alpha value is -2.04. The van der Waals surface area contributed by atoms with Crippen molar-refractivity contribution in [1.82, 2.24) is 4.98 Å². The average molecular weight is 179 g/mol. The minimum Gasteiger partial charge on any atom is -0.475 e. The maximum Gasteiger partial charge on any atom is 0.371 e. The van der Waals surface area contributed by atoms with Crippen LogP contribution in [-0.4, -0.2) is 16.1 Å². The molecular weight excluding hydrogens is 174 g/mol. The zero-order valence-corrected chi connectivity index (χ0v) is 6.40. The molecule has 0 aliphatic carbocycles. The third kappa shape index (κ3) is 1.10. The van der Waals surface area contributed by atoms with Crippen LogP contribution in [0, 0.1) is 0 Å². The summed E-state index contributed by atoms with van der Waals surface area (Å²) in [4.78, 5) is 23.9. The zero-order valence-electron chi connectivity index (χ0n) is 6.40. The van der Waals surface area contributed by atoms with Crippen molar-refractivity contribution in [1.29, 1.82) is 0 Å². The van der Waals surface area contributed by atoms with Gasteiger partial charge in [-0.25, -0.2) is 4.79 Å². The van der Waals surface area contributed by atoms with Gasteiger partial charge in [-0.15, -0.1) is 0 Å². The second-order valence-electron chi connectivity index (χ2n) is 2.51. The van der Waals surface area contributed by atoms with Crippen LogP contribution in [0.5, 0.6) is 0 Å². The molecule has 2 heterocycles. The van der Waals surface area contributed by atoms with E-state index in [1.54, 1.807) is 6.07 Å². The van der Waals surface area contributed by atoms with Crippen LogP contribution in [0.25, 0.3) is 11.0 Å². The van der Waals surface area contributed by atoms with Crippen LogP contribution in [0.15, 0.2) is 27.5 Å². The first-order valence-corrected chi connectivity index (χ1v) is 3.53. The smallest absolute Gasteiger partial charge is 0.371 e. The fourth-order valence-corrected chi connectivity index (χ4v) is 1.08. The first-order valence-electron chi connectivity index (χ1n) is 3.53. The van der Waals surface area contributed by atoms with Crippen LogP contribution < -0.4 is 5.56 Å². The molecule has 0 aromatic carbocycles. The normalized spacial score (nSPS) is 10.5. The summed E-state index contributed by atoms with van der Waals surface area (Å²) in [5, 5.41) is 9.06. The Kier molecular flexibility index (Phi) is 1.45. The van der Waals surface area contributed by atoms with Gasteiger partial charge < -0.3 is 14.5 Å². The number of furan rings is 1. The molecule has 0 saturated carbocycles. The number of aromatic amines is 1. The number of hydrogen-bond donors (Lipinski definition) is 2. The molecular formula is C8H5NO4. The number of rotatable bonds is 1. The van der Waals surface area contributed by atoms with Crippen molar-refractivity contribution in [3.05, 3.63) is 34.4 Å². The van der Waals surface area contributed by atoms with Crippen molar-refractivity contribution in [3.8, 4) is 0 Å². The minimum atomic E-state index is -1.18. The molecule has 2 rings (SSSR count). The van der Waals surface area contributed by atoms with Crippen LogP contribution >= 0.6 is 0 Å². The van der Waals surface area contributed by atoms with Gasteiger partial charge in [-0.1, -0.05) is 0 Å². The van der Waals surface area contributed by atoms with E-state index in [4.69, 9.17) is 9.52 Å². The first-order chi connectivity index (χ1) is 6.18. The van der Waals surface area contributed by atoms with Crippen LogP contribution in [0.4, 0.5) is 0 Å². The summed E-state index contributed by atoms with van der Waals surface area (Å²) >= 11 is 0. The molecule has 2 N–H and O–H groups in total. The molecule has 0 fully saturated rings. The van der Waals surface area contributed by atoms with Gasteiger partial charge >= 0.3 is 5.97 Å². The minimum absolute atomic E-state index is 0.0416. The van der Waals surface area contributed by atoms with Crippen molar-refractivity contribution in [2.24, 2.45) is 0 Å². The lowest BCUT2D eigenvalue weighted by Crippen LogP contribution is -2.02. The Morgan fingerprint density at radius 2 is 2.31 bits per heavy atom. The van der Waals surface area contributed by atoms with Gasteiger partial charge in [0.2, 0.25) is 5.76 Å². The molecule has 0 radical (unpaired) electrons. The summed E-state index contributed by atoms with van der Waals surface area (Å²) in [7, 11) is 0. The van der Waals surface area contributed by atoms with E-state index in [-0.39, 0.29) is 11.3 Å². The van der Waals surface area contributed by atoms with E-state index >= 15 is 0 Å². The van der Waals surface area contributed by atoms with E-state index in [1.807, 2.05) is 0 Å². The highest BCUT2D eigenvalue weighted by molar-refractivity contribution is 5.90. The van der Waals surface area contributed by atoms with Gasteiger partial charge in [0, 0.05) is 11.6 Å². The van der Waals surface area contributed by atoms with Gasteiger partial charge in [0.25, 0.3) is 5.56 Å². The Bertz CT molecular complexity index is 522. The number of fused-ring (bicyclic) bond motifs is 1. The number of nitrogens with one attached hydrogen (secondary N) is 1. The van der Waals surface area contributed by atoms with Gasteiger partial charge in [0.05, 0.1) is 0 Å².